The average Bonchev–Trinajstić information content (AvgIpc) is 2.64. The number of hydrogen-bond donors (Lipinski definition) is 2. The molecule has 0 unspecified atom stereocenters. The van der Waals surface area contributed by atoms with Crippen molar-refractivity contribution in [1.29, 1.82) is 0 Å². The number of amides is 1. The highest BCUT2D eigenvalue weighted by atomic mass is 35.5. The zero-order valence-corrected chi connectivity index (χ0v) is 16.0. The maximum Gasteiger partial charge on any atom is 0.416 e. The van der Waals surface area contributed by atoms with Crippen LogP contribution in [0.15, 0.2) is 41.3 Å². The summed E-state index contributed by atoms with van der Waals surface area (Å²) in [5.41, 5.74) is -1.60. The summed E-state index contributed by atoms with van der Waals surface area (Å²) in [5, 5.41) is 16.6. The van der Waals surface area contributed by atoms with E-state index in [2.05, 4.69) is 10.6 Å². The molecule has 0 saturated heterocycles. The predicted octanol–water partition coefficient (Wildman–Crippen LogP) is 4.83. The predicted molar refractivity (Wildman–Crippen MR) is 102 cm³/mol. The summed E-state index contributed by atoms with van der Waals surface area (Å²) in [6.07, 6.45) is -2.83. The molecule has 2 rings (SSSR count). The van der Waals surface area contributed by atoms with E-state index >= 15 is 0 Å². The van der Waals surface area contributed by atoms with E-state index in [1.807, 2.05) is 6.26 Å². The first-order chi connectivity index (χ1) is 13.1. The molecular formula is C17H15ClF3N3O3S. The van der Waals surface area contributed by atoms with Gasteiger partial charge in [0.2, 0.25) is 0 Å². The summed E-state index contributed by atoms with van der Waals surface area (Å²) in [6, 6.07) is 7.22. The Labute approximate surface area is 167 Å². The van der Waals surface area contributed by atoms with Crippen molar-refractivity contribution in [3.63, 3.8) is 0 Å². The second-order valence-electron chi connectivity index (χ2n) is 5.52. The van der Waals surface area contributed by atoms with Gasteiger partial charge in [-0.15, -0.1) is 11.8 Å². The van der Waals surface area contributed by atoms with Gasteiger partial charge in [0.05, 0.1) is 21.1 Å². The van der Waals surface area contributed by atoms with E-state index in [1.54, 1.807) is 18.2 Å². The molecule has 1 amide bonds. The van der Waals surface area contributed by atoms with Gasteiger partial charge in [0, 0.05) is 24.1 Å². The third kappa shape index (κ3) is 5.52. The Morgan fingerprint density at radius 1 is 1.21 bits per heavy atom. The van der Waals surface area contributed by atoms with Gasteiger partial charge in [-0.05, 0) is 36.6 Å². The van der Waals surface area contributed by atoms with Gasteiger partial charge >= 0.3 is 6.18 Å². The first-order valence-corrected chi connectivity index (χ1v) is 9.45. The van der Waals surface area contributed by atoms with Crippen molar-refractivity contribution < 1.29 is 22.9 Å². The summed E-state index contributed by atoms with van der Waals surface area (Å²) in [4.78, 5) is 23.2. The van der Waals surface area contributed by atoms with Gasteiger partial charge in [0.1, 0.15) is 5.69 Å². The maximum absolute atomic E-state index is 12.7. The SMILES string of the molecule is CSc1ccc(Cl)c(C(=O)NCCNc2ccc(C(F)(F)F)cc2[N+](=O)[O-])c1. The van der Waals surface area contributed by atoms with Crippen molar-refractivity contribution in [2.45, 2.75) is 11.1 Å². The molecule has 0 spiro atoms. The molecule has 0 saturated carbocycles. The fraction of sp³-hybridized carbons (Fsp3) is 0.235. The van der Waals surface area contributed by atoms with Gasteiger partial charge in [-0.3, -0.25) is 14.9 Å². The molecule has 0 aliphatic rings. The Balaban J connectivity index is 2.00. The van der Waals surface area contributed by atoms with Crippen LogP contribution in [0.1, 0.15) is 15.9 Å². The van der Waals surface area contributed by atoms with Crippen molar-refractivity contribution in [2.75, 3.05) is 24.7 Å². The standard InChI is InChI=1S/C17H15ClF3N3O3S/c1-28-11-3-4-13(18)12(9-11)16(25)23-7-6-22-14-5-2-10(17(19,20)21)8-15(14)24(26)27/h2-5,8-9,22H,6-7H2,1H3,(H,23,25). The molecule has 11 heteroatoms. The van der Waals surface area contributed by atoms with Crippen molar-refractivity contribution in [2.24, 2.45) is 0 Å². The van der Waals surface area contributed by atoms with E-state index in [-0.39, 0.29) is 29.4 Å². The van der Waals surface area contributed by atoms with Gasteiger partial charge in [-0.2, -0.15) is 13.2 Å². The van der Waals surface area contributed by atoms with Crippen molar-refractivity contribution >= 4 is 40.6 Å². The van der Waals surface area contributed by atoms with E-state index in [1.165, 1.54) is 11.8 Å². The number of thioether (sulfide) groups is 1. The van der Waals surface area contributed by atoms with E-state index in [0.717, 1.165) is 17.0 Å². The van der Waals surface area contributed by atoms with Crippen LogP contribution in [0.25, 0.3) is 0 Å². The number of carbonyl (C=O) groups is 1. The number of rotatable bonds is 7. The van der Waals surface area contributed by atoms with Gasteiger partial charge in [-0.1, -0.05) is 11.6 Å². The lowest BCUT2D eigenvalue weighted by molar-refractivity contribution is -0.384. The molecular weight excluding hydrogens is 419 g/mol. The van der Waals surface area contributed by atoms with Crippen LogP contribution >= 0.6 is 23.4 Å². The molecule has 0 atom stereocenters. The fourth-order valence-electron chi connectivity index (χ4n) is 2.28. The number of nitro benzene ring substituents is 1. The number of nitrogens with one attached hydrogen (secondary N) is 2. The highest BCUT2D eigenvalue weighted by Gasteiger charge is 2.33. The van der Waals surface area contributed by atoms with Crippen molar-refractivity contribution in [1.82, 2.24) is 5.32 Å². The summed E-state index contributed by atoms with van der Waals surface area (Å²) < 4.78 is 38.1. The topological polar surface area (TPSA) is 84.3 Å². The number of nitro groups is 1. The first kappa shape index (κ1) is 21.8. The number of alkyl halides is 3. The van der Waals surface area contributed by atoms with Gasteiger partial charge in [-0.25, -0.2) is 0 Å². The molecule has 2 aromatic rings. The molecule has 150 valence electrons. The second-order valence-corrected chi connectivity index (χ2v) is 6.80. The Kier molecular flexibility index (Phi) is 7.14. The minimum absolute atomic E-state index is 0.0672. The van der Waals surface area contributed by atoms with E-state index < -0.39 is 28.3 Å². The van der Waals surface area contributed by atoms with Gasteiger partial charge in [0.25, 0.3) is 11.6 Å². The highest BCUT2D eigenvalue weighted by Crippen LogP contribution is 2.34. The zero-order valence-electron chi connectivity index (χ0n) is 14.5. The van der Waals surface area contributed by atoms with E-state index in [4.69, 9.17) is 11.6 Å². The van der Waals surface area contributed by atoms with Crippen LogP contribution in [-0.4, -0.2) is 30.2 Å². The van der Waals surface area contributed by atoms with Crippen LogP contribution in [0.5, 0.6) is 0 Å². The fourth-order valence-corrected chi connectivity index (χ4v) is 2.93. The monoisotopic (exact) mass is 433 g/mol. The quantitative estimate of drug-likeness (QED) is 0.283. The Hall–Kier alpha value is -2.46. The normalized spacial score (nSPS) is 11.2. The lowest BCUT2D eigenvalue weighted by Gasteiger charge is -2.11. The molecule has 2 aromatic carbocycles. The molecule has 0 heterocycles. The molecule has 6 nitrogen and oxygen atoms in total. The zero-order chi connectivity index (χ0) is 20.9. The Morgan fingerprint density at radius 3 is 2.54 bits per heavy atom. The van der Waals surface area contributed by atoms with Gasteiger partial charge < -0.3 is 10.6 Å². The molecule has 0 bridgehead atoms. The Morgan fingerprint density at radius 2 is 1.93 bits per heavy atom. The summed E-state index contributed by atoms with van der Waals surface area (Å²) >= 11 is 7.46. The van der Waals surface area contributed by atoms with E-state index in [0.29, 0.717) is 6.07 Å². The van der Waals surface area contributed by atoms with E-state index in [9.17, 15) is 28.1 Å². The van der Waals surface area contributed by atoms with Crippen LogP contribution in [0.3, 0.4) is 0 Å². The van der Waals surface area contributed by atoms with Crippen LogP contribution in [0.2, 0.25) is 5.02 Å². The summed E-state index contributed by atoms with van der Waals surface area (Å²) in [7, 11) is 0. The third-order valence-electron chi connectivity index (χ3n) is 3.67. The van der Waals surface area contributed by atoms with Crippen LogP contribution in [-0.2, 0) is 6.18 Å². The molecule has 28 heavy (non-hydrogen) atoms. The smallest absolute Gasteiger partial charge is 0.378 e. The first-order valence-electron chi connectivity index (χ1n) is 7.84. The summed E-state index contributed by atoms with van der Waals surface area (Å²) in [5.74, 6) is -0.426. The van der Waals surface area contributed by atoms with Crippen LogP contribution < -0.4 is 10.6 Å². The number of halogens is 4. The van der Waals surface area contributed by atoms with Crippen molar-refractivity contribution in [3.05, 3.63) is 62.7 Å². The maximum atomic E-state index is 12.7. The third-order valence-corrected chi connectivity index (χ3v) is 4.72. The molecule has 0 radical (unpaired) electrons. The van der Waals surface area contributed by atoms with Crippen molar-refractivity contribution in [3.8, 4) is 0 Å². The molecule has 0 aromatic heterocycles. The molecule has 2 N–H and O–H groups in total. The molecule has 0 aliphatic heterocycles. The number of benzene rings is 2. The highest BCUT2D eigenvalue weighted by molar-refractivity contribution is 7.98. The lowest BCUT2D eigenvalue weighted by atomic mass is 10.1. The average molecular weight is 434 g/mol. The number of hydrogen-bond acceptors (Lipinski definition) is 5. The minimum Gasteiger partial charge on any atom is -0.378 e. The Bertz CT molecular complexity index is 894. The van der Waals surface area contributed by atoms with Crippen LogP contribution in [0.4, 0.5) is 24.5 Å². The van der Waals surface area contributed by atoms with Gasteiger partial charge in [0.15, 0.2) is 0 Å². The minimum atomic E-state index is -4.68. The molecule has 0 aliphatic carbocycles. The lowest BCUT2D eigenvalue weighted by Crippen LogP contribution is -2.29. The molecule has 0 fully saturated rings. The number of nitrogens with zero attached hydrogens (tertiary/aromatic N) is 1. The number of carbonyl (C=O) groups excluding carboxylic acids is 1. The largest absolute Gasteiger partial charge is 0.416 e. The second kappa shape index (κ2) is 9.16. The number of anilines is 1. The van der Waals surface area contributed by atoms with Crippen LogP contribution in [0, 0.1) is 10.1 Å². The summed E-state index contributed by atoms with van der Waals surface area (Å²) in [6.45, 7) is 0.147.